The third-order valence-electron chi connectivity index (χ3n) is 3.69. The van der Waals surface area contributed by atoms with Gasteiger partial charge in [-0.2, -0.15) is 0 Å². The largest absolute Gasteiger partial charge is 0.483 e. The number of guanidine groups is 1. The van der Waals surface area contributed by atoms with E-state index < -0.39 is 17.9 Å². The van der Waals surface area contributed by atoms with E-state index in [0.29, 0.717) is 18.7 Å². The van der Waals surface area contributed by atoms with Crippen molar-refractivity contribution in [3.05, 3.63) is 42.5 Å². The summed E-state index contributed by atoms with van der Waals surface area (Å²) in [6, 6.07) is 12.2. The molecular formula is C18H22N4O4. The fourth-order valence-corrected chi connectivity index (χ4v) is 2.46. The van der Waals surface area contributed by atoms with E-state index in [-0.39, 0.29) is 19.0 Å². The summed E-state index contributed by atoms with van der Waals surface area (Å²) in [4.78, 5) is 27.1. The van der Waals surface area contributed by atoms with Gasteiger partial charge in [0.05, 0.1) is 0 Å². The number of aliphatic carboxylic acids is 1. The molecule has 1 amide bonds. The van der Waals surface area contributed by atoms with Gasteiger partial charge in [0.25, 0.3) is 5.91 Å². The molecule has 0 radical (unpaired) electrons. The first kappa shape index (κ1) is 19.0. The highest BCUT2D eigenvalue weighted by atomic mass is 16.5. The molecule has 0 saturated carbocycles. The van der Waals surface area contributed by atoms with Crippen LogP contribution < -0.4 is 21.5 Å². The number of benzene rings is 2. The van der Waals surface area contributed by atoms with Crippen LogP contribution in [0.15, 0.2) is 47.5 Å². The number of amides is 1. The molecule has 0 bridgehead atoms. The average Bonchev–Trinajstić information content (AvgIpc) is 2.62. The SMILES string of the molecule is NC(N)=NCCC[C@H](NC(=O)COc1cccc2ccccc12)C(=O)O. The molecule has 0 fully saturated rings. The van der Waals surface area contributed by atoms with Gasteiger partial charge in [0, 0.05) is 11.9 Å². The van der Waals surface area contributed by atoms with Crippen LogP contribution in [0.4, 0.5) is 0 Å². The van der Waals surface area contributed by atoms with Gasteiger partial charge in [-0.3, -0.25) is 9.79 Å². The van der Waals surface area contributed by atoms with E-state index in [4.69, 9.17) is 16.2 Å². The summed E-state index contributed by atoms with van der Waals surface area (Å²) in [5.74, 6) is -1.11. The molecule has 138 valence electrons. The number of carboxylic acid groups (broad SMARTS) is 1. The number of carboxylic acids is 1. The van der Waals surface area contributed by atoms with Gasteiger partial charge in [-0.25, -0.2) is 4.79 Å². The Labute approximate surface area is 150 Å². The number of rotatable bonds is 9. The standard InChI is InChI=1S/C18H22N4O4/c19-18(20)21-10-4-8-14(17(24)25)22-16(23)11-26-15-9-3-6-12-5-1-2-7-13(12)15/h1-3,5-7,9,14H,4,8,10-11H2,(H,22,23)(H,24,25)(H4,19,20,21)/t14-/m0/s1. The van der Waals surface area contributed by atoms with Gasteiger partial charge in [0.15, 0.2) is 12.6 Å². The number of fused-ring (bicyclic) bond motifs is 1. The van der Waals surface area contributed by atoms with E-state index in [1.165, 1.54) is 0 Å². The van der Waals surface area contributed by atoms with Crippen LogP contribution in [0.25, 0.3) is 10.8 Å². The highest BCUT2D eigenvalue weighted by Crippen LogP contribution is 2.24. The van der Waals surface area contributed by atoms with Crippen LogP contribution in [-0.4, -0.2) is 42.1 Å². The smallest absolute Gasteiger partial charge is 0.326 e. The minimum Gasteiger partial charge on any atom is -0.483 e. The molecule has 0 spiro atoms. The molecule has 1 atom stereocenters. The Morgan fingerprint density at radius 3 is 2.62 bits per heavy atom. The van der Waals surface area contributed by atoms with Crippen molar-refractivity contribution in [2.24, 2.45) is 16.5 Å². The fourth-order valence-electron chi connectivity index (χ4n) is 2.46. The Morgan fingerprint density at radius 1 is 1.15 bits per heavy atom. The number of aliphatic imine (C=N–C) groups is 1. The molecule has 0 aliphatic heterocycles. The predicted octanol–water partition coefficient (Wildman–Crippen LogP) is 0.842. The quantitative estimate of drug-likeness (QED) is 0.297. The molecule has 2 aromatic rings. The average molecular weight is 358 g/mol. The van der Waals surface area contributed by atoms with E-state index in [2.05, 4.69) is 10.3 Å². The molecule has 0 aliphatic carbocycles. The minimum absolute atomic E-state index is 0.0515. The zero-order valence-electron chi connectivity index (χ0n) is 14.2. The van der Waals surface area contributed by atoms with E-state index in [1.54, 1.807) is 6.07 Å². The molecular weight excluding hydrogens is 336 g/mol. The summed E-state index contributed by atoms with van der Waals surface area (Å²) in [5, 5.41) is 13.5. The first-order valence-electron chi connectivity index (χ1n) is 8.15. The molecule has 8 nitrogen and oxygen atoms in total. The number of ether oxygens (including phenoxy) is 1. The zero-order valence-corrected chi connectivity index (χ0v) is 14.2. The van der Waals surface area contributed by atoms with Gasteiger partial charge in [-0.1, -0.05) is 36.4 Å². The first-order valence-corrected chi connectivity index (χ1v) is 8.15. The second kappa shape index (κ2) is 9.26. The molecule has 8 heteroatoms. The molecule has 26 heavy (non-hydrogen) atoms. The Balaban J connectivity index is 1.89. The summed E-state index contributed by atoms with van der Waals surface area (Å²) in [6.07, 6.45) is 0.644. The second-order valence-electron chi connectivity index (χ2n) is 5.67. The van der Waals surface area contributed by atoms with Gasteiger partial charge < -0.3 is 26.6 Å². The topological polar surface area (TPSA) is 140 Å². The maximum absolute atomic E-state index is 12.0. The summed E-state index contributed by atoms with van der Waals surface area (Å²) < 4.78 is 5.56. The number of hydrogen-bond acceptors (Lipinski definition) is 4. The van der Waals surface area contributed by atoms with E-state index >= 15 is 0 Å². The fraction of sp³-hybridized carbons (Fsp3) is 0.278. The van der Waals surface area contributed by atoms with Gasteiger partial charge in [-0.15, -0.1) is 0 Å². The monoisotopic (exact) mass is 358 g/mol. The van der Waals surface area contributed by atoms with Crippen LogP contribution in [0.2, 0.25) is 0 Å². The van der Waals surface area contributed by atoms with Crippen LogP contribution in [0.1, 0.15) is 12.8 Å². The van der Waals surface area contributed by atoms with E-state index in [9.17, 15) is 14.7 Å². The lowest BCUT2D eigenvalue weighted by molar-refractivity contribution is -0.142. The Kier molecular flexibility index (Phi) is 6.78. The van der Waals surface area contributed by atoms with Crippen LogP contribution in [0.5, 0.6) is 5.75 Å². The van der Waals surface area contributed by atoms with Crippen molar-refractivity contribution in [2.45, 2.75) is 18.9 Å². The molecule has 0 aromatic heterocycles. The maximum Gasteiger partial charge on any atom is 0.326 e. The summed E-state index contributed by atoms with van der Waals surface area (Å²) in [7, 11) is 0. The van der Waals surface area contributed by atoms with Crippen molar-refractivity contribution in [3.8, 4) is 5.75 Å². The Morgan fingerprint density at radius 2 is 1.88 bits per heavy atom. The molecule has 6 N–H and O–H groups in total. The predicted molar refractivity (Wildman–Crippen MR) is 98.9 cm³/mol. The Bertz CT molecular complexity index is 797. The van der Waals surface area contributed by atoms with Crippen molar-refractivity contribution >= 4 is 28.6 Å². The summed E-state index contributed by atoms with van der Waals surface area (Å²) in [6.45, 7) is 0.0280. The van der Waals surface area contributed by atoms with Crippen molar-refractivity contribution in [1.29, 1.82) is 0 Å². The van der Waals surface area contributed by atoms with Gasteiger partial charge in [-0.05, 0) is 24.3 Å². The van der Waals surface area contributed by atoms with Gasteiger partial charge >= 0.3 is 5.97 Å². The number of carbonyl (C=O) groups is 2. The summed E-state index contributed by atoms with van der Waals surface area (Å²) in [5.41, 5.74) is 10.4. The molecule has 2 aromatic carbocycles. The van der Waals surface area contributed by atoms with Crippen LogP contribution in [0.3, 0.4) is 0 Å². The molecule has 2 rings (SSSR count). The summed E-state index contributed by atoms with van der Waals surface area (Å²) >= 11 is 0. The molecule has 0 heterocycles. The van der Waals surface area contributed by atoms with E-state index in [1.807, 2.05) is 36.4 Å². The van der Waals surface area contributed by atoms with Crippen LogP contribution >= 0.6 is 0 Å². The number of carbonyl (C=O) groups excluding carboxylic acids is 1. The van der Waals surface area contributed by atoms with Crippen LogP contribution in [0, 0.1) is 0 Å². The molecule has 0 unspecified atom stereocenters. The highest BCUT2D eigenvalue weighted by Gasteiger charge is 2.19. The van der Waals surface area contributed by atoms with E-state index in [0.717, 1.165) is 10.8 Å². The third kappa shape index (κ3) is 5.66. The molecule has 0 aliphatic rings. The van der Waals surface area contributed by atoms with Gasteiger partial charge in [0.1, 0.15) is 11.8 Å². The van der Waals surface area contributed by atoms with Crippen molar-refractivity contribution < 1.29 is 19.4 Å². The Hall–Kier alpha value is -3.29. The van der Waals surface area contributed by atoms with Gasteiger partial charge in [0.2, 0.25) is 0 Å². The number of nitrogens with two attached hydrogens (primary N) is 2. The zero-order chi connectivity index (χ0) is 18.9. The second-order valence-corrected chi connectivity index (χ2v) is 5.67. The lowest BCUT2D eigenvalue weighted by Gasteiger charge is -2.15. The molecule has 0 saturated heterocycles. The highest BCUT2D eigenvalue weighted by molar-refractivity contribution is 5.89. The lowest BCUT2D eigenvalue weighted by Crippen LogP contribution is -2.43. The first-order chi connectivity index (χ1) is 12.5. The van der Waals surface area contributed by atoms with Crippen molar-refractivity contribution in [2.75, 3.05) is 13.2 Å². The van der Waals surface area contributed by atoms with Crippen molar-refractivity contribution in [3.63, 3.8) is 0 Å². The van der Waals surface area contributed by atoms with Crippen molar-refractivity contribution in [1.82, 2.24) is 5.32 Å². The normalized spacial score (nSPS) is 11.5. The number of hydrogen-bond donors (Lipinski definition) is 4. The number of nitrogens with one attached hydrogen (secondary N) is 1. The lowest BCUT2D eigenvalue weighted by atomic mass is 10.1. The van der Waals surface area contributed by atoms with Crippen LogP contribution in [-0.2, 0) is 9.59 Å². The maximum atomic E-state index is 12.0. The third-order valence-corrected chi connectivity index (χ3v) is 3.69. The minimum atomic E-state index is -1.12. The number of nitrogens with zero attached hydrogens (tertiary/aromatic N) is 1.